The molecule has 0 saturated heterocycles. The lowest BCUT2D eigenvalue weighted by Gasteiger charge is -2.16. The lowest BCUT2D eigenvalue weighted by atomic mass is 10.1. The zero-order chi connectivity index (χ0) is 19.5. The van der Waals surface area contributed by atoms with Gasteiger partial charge in [-0.1, -0.05) is 37.8 Å². The van der Waals surface area contributed by atoms with Crippen LogP contribution >= 0.6 is 0 Å². The van der Waals surface area contributed by atoms with Gasteiger partial charge in [0, 0.05) is 13.1 Å². The number of nitrogens with two attached hydrogens (primary N) is 1. The second-order valence-electron chi connectivity index (χ2n) is 6.80. The summed E-state index contributed by atoms with van der Waals surface area (Å²) in [6.07, 6.45) is 7.88. The fraction of sp³-hybridized carbons (Fsp3) is 0.632. The minimum absolute atomic E-state index is 0.102. The largest absolute Gasteiger partial charge is 0.376 e. The number of benzene rings is 1. The summed E-state index contributed by atoms with van der Waals surface area (Å²) in [4.78, 5) is 4.61. The normalized spacial score (nSPS) is 16.7. The smallest absolute Gasteiger partial charge is 0.238 e. The summed E-state index contributed by atoms with van der Waals surface area (Å²) in [5.74, 6) is 0.683. The Morgan fingerprint density at radius 3 is 2.63 bits per heavy atom. The van der Waals surface area contributed by atoms with Crippen LogP contribution in [0.2, 0.25) is 0 Å². The number of nitrogens with zero attached hydrogens (tertiary/aromatic N) is 1. The van der Waals surface area contributed by atoms with Crippen LogP contribution < -0.4 is 15.8 Å². The van der Waals surface area contributed by atoms with Gasteiger partial charge in [-0.05, 0) is 37.5 Å². The SMILES string of the molecule is CCNC(=NCc1cccc(S(N)(=O)=O)c1)NCCOC1CCCCCC1. The van der Waals surface area contributed by atoms with Crippen LogP contribution in [0.1, 0.15) is 51.0 Å². The van der Waals surface area contributed by atoms with Gasteiger partial charge in [0.1, 0.15) is 0 Å². The van der Waals surface area contributed by atoms with E-state index in [0.29, 0.717) is 31.8 Å². The van der Waals surface area contributed by atoms with Crippen LogP contribution in [-0.4, -0.2) is 40.2 Å². The van der Waals surface area contributed by atoms with Crippen LogP contribution in [0.3, 0.4) is 0 Å². The Morgan fingerprint density at radius 1 is 1.22 bits per heavy atom. The number of rotatable bonds is 8. The summed E-state index contributed by atoms with van der Waals surface area (Å²) in [5.41, 5.74) is 0.786. The van der Waals surface area contributed by atoms with Crippen LogP contribution in [0, 0.1) is 0 Å². The number of ether oxygens (including phenoxy) is 1. The van der Waals surface area contributed by atoms with E-state index in [9.17, 15) is 8.42 Å². The standard InChI is InChI=1S/C19H32N4O3S/c1-2-21-19(22-12-13-26-17-9-5-3-4-6-10-17)23-15-16-8-7-11-18(14-16)27(20,24)25/h7-8,11,14,17H,2-6,9-10,12-13,15H2,1H3,(H2,20,24,25)(H2,21,22,23). The van der Waals surface area contributed by atoms with Crippen LogP contribution in [0.25, 0.3) is 0 Å². The molecular weight excluding hydrogens is 364 g/mol. The quantitative estimate of drug-likeness (QED) is 0.270. The van der Waals surface area contributed by atoms with Gasteiger partial charge in [0.05, 0.1) is 24.2 Å². The number of nitrogens with one attached hydrogen (secondary N) is 2. The van der Waals surface area contributed by atoms with Gasteiger partial charge in [-0.25, -0.2) is 18.5 Å². The molecule has 27 heavy (non-hydrogen) atoms. The van der Waals surface area contributed by atoms with Crippen molar-refractivity contribution in [3.63, 3.8) is 0 Å². The molecule has 1 aromatic rings. The number of primary sulfonamides is 1. The Labute approximate surface area is 162 Å². The second-order valence-corrected chi connectivity index (χ2v) is 8.36. The number of hydrogen-bond acceptors (Lipinski definition) is 4. The van der Waals surface area contributed by atoms with Crippen molar-refractivity contribution < 1.29 is 13.2 Å². The maximum atomic E-state index is 11.5. The van der Waals surface area contributed by atoms with Crippen LogP contribution in [0.4, 0.5) is 0 Å². The summed E-state index contributed by atoms with van der Waals surface area (Å²) in [7, 11) is -3.70. The molecule has 0 aliphatic heterocycles. The molecule has 7 nitrogen and oxygen atoms in total. The molecular formula is C19H32N4O3S. The highest BCUT2D eigenvalue weighted by Gasteiger charge is 2.12. The van der Waals surface area contributed by atoms with E-state index in [2.05, 4.69) is 15.6 Å². The third-order valence-corrected chi connectivity index (χ3v) is 5.45. The van der Waals surface area contributed by atoms with Crippen molar-refractivity contribution in [2.75, 3.05) is 19.7 Å². The summed E-state index contributed by atoms with van der Waals surface area (Å²) in [5, 5.41) is 11.6. The third kappa shape index (κ3) is 8.28. The molecule has 0 bridgehead atoms. The average Bonchev–Trinajstić information content (AvgIpc) is 2.91. The first kappa shape index (κ1) is 21.7. The highest BCUT2D eigenvalue weighted by molar-refractivity contribution is 7.89. The first-order chi connectivity index (χ1) is 13.0. The zero-order valence-corrected chi connectivity index (χ0v) is 16.9. The Kier molecular flexibility index (Phi) is 9.03. The van der Waals surface area contributed by atoms with E-state index >= 15 is 0 Å². The molecule has 1 fully saturated rings. The molecule has 1 aromatic carbocycles. The molecule has 1 aliphatic carbocycles. The van der Waals surface area contributed by atoms with E-state index in [1.54, 1.807) is 12.1 Å². The Bertz CT molecular complexity index is 699. The predicted octanol–water partition coefficient (Wildman–Crippen LogP) is 2.13. The van der Waals surface area contributed by atoms with Gasteiger partial charge in [-0.3, -0.25) is 0 Å². The molecule has 0 heterocycles. The molecule has 4 N–H and O–H groups in total. The molecule has 0 amide bonds. The van der Waals surface area contributed by atoms with E-state index in [-0.39, 0.29) is 4.90 Å². The van der Waals surface area contributed by atoms with E-state index in [1.807, 2.05) is 13.0 Å². The van der Waals surface area contributed by atoms with Crippen molar-refractivity contribution in [1.29, 1.82) is 0 Å². The minimum atomic E-state index is -3.70. The van der Waals surface area contributed by atoms with Gasteiger partial charge < -0.3 is 15.4 Å². The molecule has 0 unspecified atom stereocenters. The molecule has 1 saturated carbocycles. The topological polar surface area (TPSA) is 106 Å². The summed E-state index contributed by atoms with van der Waals surface area (Å²) < 4.78 is 28.9. The fourth-order valence-corrected chi connectivity index (χ4v) is 3.72. The van der Waals surface area contributed by atoms with E-state index in [1.165, 1.54) is 31.7 Å². The number of sulfonamides is 1. The molecule has 0 atom stereocenters. The number of hydrogen-bond donors (Lipinski definition) is 3. The first-order valence-electron chi connectivity index (χ1n) is 9.74. The Morgan fingerprint density at radius 2 is 1.96 bits per heavy atom. The van der Waals surface area contributed by atoms with Crippen LogP contribution in [0.15, 0.2) is 34.2 Å². The van der Waals surface area contributed by atoms with Crippen molar-refractivity contribution in [3.8, 4) is 0 Å². The van der Waals surface area contributed by atoms with Gasteiger partial charge in [0.25, 0.3) is 0 Å². The number of aliphatic imine (C=N–C) groups is 1. The lowest BCUT2D eigenvalue weighted by Crippen LogP contribution is -2.39. The van der Waals surface area contributed by atoms with Gasteiger partial charge >= 0.3 is 0 Å². The molecule has 2 rings (SSSR count). The maximum absolute atomic E-state index is 11.5. The molecule has 152 valence electrons. The van der Waals surface area contributed by atoms with Gasteiger partial charge in [0.15, 0.2) is 5.96 Å². The Balaban J connectivity index is 1.83. The van der Waals surface area contributed by atoms with Crippen molar-refractivity contribution in [2.45, 2.75) is 63.0 Å². The van der Waals surface area contributed by atoms with Crippen molar-refractivity contribution in [1.82, 2.24) is 10.6 Å². The molecule has 0 spiro atoms. The van der Waals surface area contributed by atoms with E-state index in [0.717, 1.165) is 24.9 Å². The van der Waals surface area contributed by atoms with Crippen molar-refractivity contribution >= 4 is 16.0 Å². The van der Waals surface area contributed by atoms with E-state index < -0.39 is 10.0 Å². The van der Waals surface area contributed by atoms with Crippen molar-refractivity contribution in [3.05, 3.63) is 29.8 Å². The number of guanidine groups is 1. The molecule has 0 aromatic heterocycles. The summed E-state index contributed by atoms with van der Waals surface area (Å²) in [6.45, 7) is 4.44. The maximum Gasteiger partial charge on any atom is 0.238 e. The minimum Gasteiger partial charge on any atom is -0.376 e. The molecule has 0 radical (unpaired) electrons. The first-order valence-corrected chi connectivity index (χ1v) is 11.3. The zero-order valence-electron chi connectivity index (χ0n) is 16.1. The average molecular weight is 397 g/mol. The highest BCUT2D eigenvalue weighted by atomic mass is 32.2. The molecule has 8 heteroatoms. The monoisotopic (exact) mass is 396 g/mol. The van der Waals surface area contributed by atoms with Crippen LogP contribution in [-0.2, 0) is 21.3 Å². The van der Waals surface area contributed by atoms with Crippen molar-refractivity contribution in [2.24, 2.45) is 10.1 Å². The summed E-state index contributed by atoms with van der Waals surface area (Å²) in [6, 6.07) is 6.54. The van der Waals surface area contributed by atoms with Crippen LogP contribution in [0.5, 0.6) is 0 Å². The fourth-order valence-electron chi connectivity index (χ4n) is 3.14. The Hall–Kier alpha value is -1.64. The van der Waals surface area contributed by atoms with Gasteiger partial charge in [0.2, 0.25) is 10.0 Å². The second kappa shape index (κ2) is 11.3. The highest BCUT2D eigenvalue weighted by Crippen LogP contribution is 2.19. The summed E-state index contributed by atoms with van der Waals surface area (Å²) >= 11 is 0. The van der Waals surface area contributed by atoms with Gasteiger partial charge in [-0.15, -0.1) is 0 Å². The third-order valence-electron chi connectivity index (χ3n) is 4.54. The lowest BCUT2D eigenvalue weighted by molar-refractivity contribution is 0.0468. The predicted molar refractivity (Wildman–Crippen MR) is 108 cm³/mol. The molecule has 1 aliphatic rings. The van der Waals surface area contributed by atoms with E-state index in [4.69, 9.17) is 9.88 Å². The van der Waals surface area contributed by atoms with Gasteiger partial charge in [-0.2, -0.15) is 0 Å².